The van der Waals surface area contributed by atoms with Gasteiger partial charge in [-0.25, -0.2) is 0 Å². The number of rotatable bonds is 5. The van der Waals surface area contributed by atoms with Crippen LogP contribution in [0.25, 0.3) is 0 Å². The Labute approximate surface area is 116 Å². The number of nitrogens with zero attached hydrogens (tertiary/aromatic N) is 2. The zero-order valence-electron chi connectivity index (χ0n) is 11.3. The van der Waals surface area contributed by atoms with Gasteiger partial charge < -0.3 is 9.26 Å². The molecule has 0 amide bonds. The number of hydrogen-bond donors (Lipinski definition) is 0. The molecule has 5 nitrogen and oxygen atoms in total. The van der Waals surface area contributed by atoms with Gasteiger partial charge in [0.05, 0.1) is 5.92 Å². The summed E-state index contributed by atoms with van der Waals surface area (Å²) in [5, 5.41) is 3.89. The molecule has 1 fully saturated rings. The van der Waals surface area contributed by atoms with Crippen molar-refractivity contribution in [3.05, 3.63) is 47.6 Å². The molecular formula is C15H16N2O3. The molecule has 1 aliphatic rings. The number of esters is 1. The van der Waals surface area contributed by atoms with Crippen molar-refractivity contribution in [2.75, 3.05) is 0 Å². The molecule has 2 aromatic rings. The maximum absolute atomic E-state index is 11.6. The third-order valence-electron chi connectivity index (χ3n) is 3.47. The molecule has 0 spiro atoms. The highest BCUT2D eigenvalue weighted by atomic mass is 16.6. The standard InChI is InChI=1S/C15H16N2O3/c1-10-7-12(10)15(18)19-9-14-16-13(17-20-14)8-11-5-3-2-4-6-11/h2-6,10,12H,7-9H2,1H3. The van der Waals surface area contributed by atoms with Gasteiger partial charge in [-0.2, -0.15) is 4.98 Å². The number of aromatic nitrogens is 2. The highest BCUT2D eigenvalue weighted by molar-refractivity contribution is 5.75. The zero-order valence-corrected chi connectivity index (χ0v) is 11.3. The lowest BCUT2D eigenvalue weighted by Crippen LogP contribution is -2.07. The molecule has 0 radical (unpaired) electrons. The molecule has 1 aromatic carbocycles. The van der Waals surface area contributed by atoms with E-state index in [-0.39, 0.29) is 18.5 Å². The van der Waals surface area contributed by atoms with Crippen molar-refractivity contribution in [2.24, 2.45) is 11.8 Å². The molecule has 2 unspecified atom stereocenters. The number of carbonyl (C=O) groups excluding carboxylic acids is 1. The largest absolute Gasteiger partial charge is 0.455 e. The lowest BCUT2D eigenvalue weighted by molar-refractivity contribution is -0.147. The van der Waals surface area contributed by atoms with E-state index in [2.05, 4.69) is 10.1 Å². The molecule has 0 saturated heterocycles. The topological polar surface area (TPSA) is 65.2 Å². The fourth-order valence-corrected chi connectivity index (χ4v) is 2.09. The van der Waals surface area contributed by atoms with Crippen molar-refractivity contribution < 1.29 is 14.1 Å². The van der Waals surface area contributed by atoms with E-state index < -0.39 is 0 Å². The highest BCUT2D eigenvalue weighted by Crippen LogP contribution is 2.38. The van der Waals surface area contributed by atoms with E-state index in [0.29, 0.717) is 24.1 Å². The third-order valence-corrected chi connectivity index (χ3v) is 3.47. The smallest absolute Gasteiger partial charge is 0.309 e. The van der Waals surface area contributed by atoms with Gasteiger partial charge in [0, 0.05) is 6.42 Å². The van der Waals surface area contributed by atoms with Crippen molar-refractivity contribution in [3.8, 4) is 0 Å². The minimum absolute atomic E-state index is 0.0571. The summed E-state index contributed by atoms with van der Waals surface area (Å²) < 4.78 is 10.2. The average Bonchev–Trinajstić information content (AvgIpc) is 3.02. The molecule has 0 bridgehead atoms. The van der Waals surface area contributed by atoms with Crippen LogP contribution in [0.1, 0.15) is 30.6 Å². The summed E-state index contributed by atoms with van der Waals surface area (Å²) in [4.78, 5) is 15.8. The van der Waals surface area contributed by atoms with Crippen molar-refractivity contribution in [2.45, 2.75) is 26.4 Å². The van der Waals surface area contributed by atoms with E-state index in [9.17, 15) is 4.79 Å². The molecule has 1 aromatic heterocycles. The first-order chi connectivity index (χ1) is 9.72. The van der Waals surface area contributed by atoms with E-state index >= 15 is 0 Å². The second-order valence-electron chi connectivity index (χ2n) is 5.19. The predicted molar refractivity (Wildman–Crippen MR) is 70.6 cm³/mol. The number of benzene rings is 1. The summed E-state index contributed by atoms with van der Waals surface area (Å²) in [5.74, 6) is 1.28. The van der Waals surface area contributed by atoms with Crippen LogP contribution in [-0.4, -0.2) is 16.1 Å². The normalized spacial score (nSPS) is 20.6. The SMILES string of the molecule is CC1CC1C(=O)OCc1nc(Cc2ccccc2)no1. The molecule has 5 heteroatoms. The molecule has 104 valence electrons. The van der Waals surface area contributed by atoms with Crippen LogP contribution in [0.15, 0.2) is 34.9 Å². The van der Waals surface area contributed by atoms with Crippen LogP contribution in [0.2, 0.25) is 0 Å². The van der Waals surface area contributed by atoms with Gasteiger partial charge in [0.15, 0.2) is 12.4 Å². The van der Waals surface area contributed by atoms with Gasteiger partial charge in [-0.1, -0.05) is 42.4 Å². The van der Waals surface area contributed by atoms with E-state index in [1.807, 2.05) is 37.3 Å². The van der Waals surface area contributed by atoms with Gasteiger partial charge >= 0.3 is 5.97 Å². The molecule has 20 heavy (non-hydrogen) atoms. The Kier molecular flexibility index (Phi) is 3.50. The van der Waals surface area contributed by atoms with E-state index in [1.165, 1.54) is 0 Å². The molecule has 1 saturated carbocycles. The van der Waals surface area contributed by atoms with E-state index in [0.717, 1.165) is 12.0 Å². The van der Waals surface area contributed by atoms with Gasteiger partial charge in [-0.15, -0.1) is 0 Å². The second kappa shape index (κ2) is 5.45. The number of hydrogen-bond acceptors (Lipinski definition) is 5. The Morgan fingerprint density at radius 3 is 2.85 bits per heavy atom. The zero-order chi connectivity index (χ0) is 13.9. The summed E-state index contributed by atoms with van der Waals surface area (Å²) in [5.41, 5.74) is 1.11. The second-order valence-corrected chi connectivity index (χ2v) is 5.19. The van der Waals surface area contributed by atoms with Crippen LogP contribution in [0.3, 0.4) is 0 Å². The van der Waals surface area contributed by atoms with Gasteiger partial charge in [0.2, 0.25) is 0 Å². The van der Waals surface area contributed by atoms with E-state index in [1.54, 1.807) is 0 Å². The van der Waals surface area contributed by atoms with Crippen LogP contribution >= 0.6 is 0 Å². The Balaban J connectivity index is 1.53. The van der Waals surface area contributed by atoms with Crippen LogP contribution in [0.4, 0.5) is 0 Å². The van der Waals surface area contributed by atoms with Crippen LogP contribution < -0.4 is 0 Å². The average molecular weight is 272 g/mol. The van der Waals surface area contributed by atoms with Gasteiger partial charge in [-0.3, -0.25) is 4.79 Å². The monoisotopic (exact) mass is 272 g/mol. The Morgan fingerprint density at radius 1 is 1.40 bits per heavy atom. The first-order valence-electron chi connectivity index (χ1n) is 6.74. The number of ether oxygens (including phenoxy) is 1. The predicted octanol–water partition coefficient (Wildman–Crippen LogP) is 2.36. The Hall–Kier alpha value is -2.17. The maximum Gasteiger partial charge on any atom is 0.309 e. The summed E-state index contributed by atoms with van der Waals surface area (Å²) in [6, 6.07) is 9.91. The maximum atomic E-state index is 11.6. The van der Waals surface area contributed by atoms with Gasteiger partial charge in [0.1, 0.15) is 0 Å². The summed E-state index contributed by atoms with van der Waals surface area (Å²) >= 11 is 0. The van der Waals surface area contributed by atoms with Crippen LogP contribution in [0.5, 0.6) is 0 Å². The number of carbonyl (C=O) groups is 1. The lowest BCUT2D eigenvalue weighted by atomic mass is 10.1. The Bertz CT molecular complexity index is 594. The summed E-state index contributed by atoms with van der Waals surface area (Å²) in [7, 11) is 0. The first-order valence-corrected chi connectivity index (χ1v) is 6.74. The van der Waals surface area contributed by atoms with Crippen molar-refractivity contribution >= 4 is 5.97 Å². The summed E-state index contributed by atoms with van der Waals surface area (Å²) in [6.45, 7) is 2.10. The molecule has 0 aliphatic heterocycles. The molecule has 0 N–H and O–H groups in total. The van der Waals surface area contributed by atoms with Crippen LogP contribution in [-0.2, 0) is 22.6 Å². The van der Waals surface area contributed by atoms with Gasteiger partial charge in [-0.05, 0) is 17.9 Å². The first kappa shape index (κ1) is 12.8. The van der Waals surface area contributed by atoms with Crippen LogP contribution in [0, 0.1) is 11.8 Å². The molecule has 1 heterocycles. The molecular weight excluding hydrogens is 256 g/mol. The fraction of sp³-hybridized carbons (Fsp3) is 0.400. The highest BCUT2D eigenvalue weighted by Gasteiger charge is 2.40. The van der Waals surface area contributed by atoms with Crippen molar-refractivity contribution in [1.82, 2.24) is 10.1 Å². The molecule has 3 rings (SSSR count). The fourth-order valence-electron chi connectivity index (χ4n) is 2.09. The Morgan fingerprint density at radius 2 is 2.15 bits per heavy atom. The quantitative estimate of drug-likeness (QED) is 0.782. The minimum Gasteiger partial charge on any atom is -0.455 e. The minimum atomic E-state index is -0.166. The third kappa shape index (κ3) is 3.04. The molecule has 1 aliphatic carbocycles. The summed E-state index contributed by atoms with van der Waals surface area (Å²) in [6.07, 6.45) is 1.53. The van der Waals surface area contributed by atoms with Crippen molar-refractivity contribution in [1.29, 1.82) is 0 Å². The van der Waals surface area contributed by atoms with E-state index in [4.69, 9.17) is 9.26 Å². The lowest BCUT2D eigenvalue weighted by Gasteiger charge is -1.99. The van der Waals surface area contributed by atoms with Gasteiger partial charge in [0.25, 0.3) is 5.89 Å². The van der Waals surface area contributed by atoms with Crippen molar-refractivity contribution in [3.63, 3.8) is 0 Å². The molecule has 2 atom stereocenters.